The summed E-state index contributed by atoms with van der Waals surface area (Å²) in [5, 5.41) is 20.3. The number of hydrogen-bond acceptors (Lipinski definition) is 4. The summed E-state index contributed by atoms with van der Waals surface area (Å²) in [6.45, 7) is 3.79. The fraction of sp³-hybridized carbons (Fsp3) is 0.500. The molecule has 1 unspecified atom stereocenters. The number of carbonyl (C=O) groups excluding carboxylic acids is 1. The molecule has 1 atom stereocenters. The Hall–Kier alpha value is -2.48. The normalized spacial score (nSPS) is 16.5. The molecule has 0 bridgehead atoms. The molecular weight excluding hydrogens is 337 g/mol. The Morgan fingerprint density at radius 2 is 2.19 bits per heavy atom. The molecule has 1 aromatic carbocycles. The number of piperidine rings is 1. The van der Waals surface area contributed by atoms with Crippen molar-refractivity contribution in [3.05, 3.63) is 42.0 Å². The lowest BCUT2D eigenvalue weighted by molar-refractivity contribution is 0.175. The van der Waals surface area contributed by atoms with Crippen molar-refractivity contribution in [3.63, 3.8) is 0 Å². The van der Waals surface area contributed by atoms with Gasteiger partial charge in [-0.25, -0.2) is 9.18 Å². The predicted octanol–water partition coefficient (Wildman–Crippen LogP) is 2.28. The molecule has 8 heteroatoms. The van der Waals surface area contributed by atoms with Crippen molar-refractivity contribution in [2.45, 2.75) is 38.8 Å². The molecule has 26 heavy (non-hydrogen) atoms. The first-order valence-electron chi connectivity index (χ1n) is 8.88. The quantitative estimate of drug-likeness (QED) is 0.856. The van der Waals surface area contributed by atoms with Gasteiger partial charge in [0.15, 0.2) is 0 Å². The molecule has 2 amide bonds. The van der Waals surface area contributed by atoms with Gasteiger partial charge in [-0.1, -0.05) is 11.3 Å². The van der Waals surface area contributed by atoms with Crippen LogP contribution in [-0.4, -0.2) is 50.2 Å². The number of rotatable bonds is 5. The molecule has 3 rings (SSSR count). The van der Waals surface area contributed by atoms with Gasteiger partial charge in [0.05, 0.1) is 11.8 Å². The highest BCUT2D eigenvalue weighted by atomic mass is 19.1. The van der Waals surface area contributed by atoms with Crippen LogP contribution in [0, 0.1) is 11.7 Å². The van der Waals surface area contributed by atoms with Crippen molar-refractivity contribution in [2.24, 2.45) is 5.92 Å². The van der Waals surface area contributed by atoms with Crippen LogP contribution in [0.5, 0.6) is 0 Å². The number of nitrogens with one attached hydrogen (secondary N) is 1. The first-order valence-corrected chi connectivity index (χ1v) is 8.88. The number of likely N-dealkylation sites (tertiary alicyclic amines) is 1. The van der Waals surface area contributed by atoms with Crippen LogP contribution in [0.4, 0.5) is 14.9 Å². The van der Waals surface area contributed by atoms with Crippen LogP contribution in [0.2, 0.25) is 0 Å². The average molecular weight is 361 g/mol. The van der Waals surface area contributed by atoms with E-state index in [1.54, 1.807) is 24.0 Å². The molecule has 0 aliphatic carbocycles. The number of aliphatic hydroxyl groups is 1. The highest BCUT2D eigenvalue weighted by Crippen LogP contribution is 2.20. The lowest BCUT2D eigenvalue weighted by Gasteiger charge is -2.31. The maximum Gasteiger partial charge on any atom is 0.321 e. The van der Waals surface area contributed by atoms with E-state index in [4.69, 9.17) is 0 Å². The Balaban J connectivity index is 1.46. The van der Waals surface area contributed by atoms with Crippen molar-refractivity contribution < 1.29 is 14.3 Å². The fourth-order valence-electron chi connectivity index (χ4n) is 3.18. The van der Waals surface area contributed by atoms with Gasteiger partial charge < -0.3 is 15.3 Å². The largest absolute Gasteiger partial charge is 0.393 e. The van der Waals surface area contributed by atoms with Crippen molar-refractivity contribution in [2.75, 3.05) is 18.4 Å². The summed E-state index contributed by atoms with van der Waals surface area (Å²) < 4.78 is 15.0. The Morgan fingerprint density at radius 3 is 2.88 bits per heavy atom. The second-order valence-corrected chi connectivity index (χ2v) is 6.86. The summed E-state index contributed by atoms with van der Waals surface area (Å²) in [5.74, 6) is 0.0543. The number of anilines is 1. The van der Waals surface area contributed by atoms with Gasteiger partial charge in [0, 0.05) is 37.9 Å². The minimum atomic E-state index is -0.431. The predicted molar refractivity (Wildman–Crippen MR) is 95.1 cm³/mol. The van der Waals surface area contributed by atoms with Gasteiger partial charge in [0.1, 0.15) is 5.82 Å². The number of carbonyl (C=O) groups is 1. The summed E-state index contributed by atoms with van der Waals surface area (Å²) >= 11 is 0. The topological polar surface area (TPSA) is 83.3 Å². The van der Waals surface area contributed by atoms with Gasteiger partial charge in [-0.2, -0.15) is 0 Å². The van der Waals surface area contributed by atoms with Crippen LogP contribution < -0.4 is 5.32 Å². The molecule has 0 spiro atoms. The van der Waals surface area contributed by atoms with Crippen molar-refractivity contribution >= 4 is 11.7 Å². The average Bonchev–Trinajstić information content (AvgIpc) is 3.01. The minimum absolute atomic E-state index is 0.200. The summed E-state index contributed by atoms with van der Waals surface area (Å²) in [4.78, 5) is 14.0. The van der Waals surface area contributed by atoms with Gasteiger partial charge in [0.2, 0.25) is 0 Å². The summed E-state index contributed by atoms with van der Waals surface area (Å²) in [6, 6.07) is 5.69. The second kappa shape index (κ2) is 8.27. The molecule has 1 aliphatic rings. The van der Waals surface area contributed by atoms with Gasteiger partial charge in [0.25, 0.3) is 0 Å². The SMILES string of the molecule is CC(O)Cc1cn(CC2CCN(C(=O)Nc3cccc(F)c3)CC2)nn1. The molecule has 0 radical (unpaired) electrons. The van der Waals surface area contributed by atoms with Gasteiger partial charge in [-0.3, -0.25) is 4.68 Å². The van der Waals surface area contributed by atoms with E-state index in [1.165, 1.54) is 12.1 Å². The molecule has 2 heterocycles. The number of amides is 2. The number of aliphatic hydroxyl groups excluding tert-OH is 1. The second-order valence-electron chi connectivity index (χ2n) is 6.86. The third-order valence-electron chi connectivity index (χ3n) is 4.51. The van der Waals surface area contributed by atoms with Crippen molar-refractivity contribution in [1.29, 1.82) is 0 Å². The van der Waals surface area contributed by atoms with E-state index in [9.17, 15) is 14.3 Å². The lowest BCUT2D eigenvalue weighted by atomic mass is 9.97. The molecule has 7 nitrogen and oxygen atoms in total. The molecule has 1 aliphatic heterocycles. The molecule has 2 aromatic rings. The monoisotopic (exact) mass is 361 g/mol. The van der Waals surface area contributed by atoms with Crippen molar-refractivity contribution in [1.82, 2.24) is 19.9 Å². The first-order chi connectivity index (χ1) is 12.5. The van der Waals surface area contributed by atoms with Gasteiger partial charge in [-0.15, -0.1) is 5.10 Å². The Bertz CT molecular complexity index is 741. The van der Waals surface area contributed by atoms with Gasteiger partial charge in [-0.05, 0) is 43.9 Å². The maximum atomic E-state index is 13.2. The third-order valence-corrected chi connectivity index (χ3v) is 4.51. The molecule has 140 valence electrons. The smallest absolute Gasteiger partial charge is 0.321 e. The molecule has 1 saturated heterocycles. The summed E-state index contributed by atoms with van der Waals surface area (Å²) in [7, 11) is 0. The lowest BCUT2D eigenvalue weighted by Crippen LogP contribution is -2.41. The third kappa shape index (κ3) is 5.01. The number of hydrogen-bond donors (Lipinski definition) is 2. The Kier molecular flexibility index (Phi) is 5.82. The van der Waals surface area contributed by atoms with Crippen LogP contribution in [0.15, 0.2) is 30.5 Å². The number of halogens is 1. The van der Waals surface area contributed by atoms with E-state index in [0.29, 0.717) is 31.1 Å². The van der Waals surface area contributed by atoms with Crippen LogP contribution in [-0.2, 0) is 13.0 Å². The number of aromatic nitrogens is 3. The Morgan fingerprint density at radius 1 is 1.42 bits per heavy atom. The van der Waals surface area contributed by atoms with E-state index in [0.717, 1.165) is 25.1 Å². The minimum Gasteiger partial charge on any atom is -0.393 e. The highest BCUT2D eigenvalue weighted by Gasteiger charge is 2.23. The highest BCUT2D eigenvalue weighted by molar-refractivity contribution is 5.89. The number of urea groups is 1. The number of nitrogens with zero attached hydrogens (tertiary/aromatic N) is 4. The zero-order valence-corrected chi connectivity index (χ0v) is 14.8. The van der Waals surface area contributed by atoms with Crippen molar-refractivity contribution in [3.8, 4) is 0 Å². The van der Waals surface area contributed by atoms with E-state index >= 15 is 0 Å². The summed E-state index contributed by atoms with van der Waals surface area (Å²) in [6.07, 6.45) is 3.69. The molecule has 2 N–H and O–H groups in total. The van der Waals surface area contributed by atoms with Crippen LogP contribution in [0.1, 0.15) is 25.5 Å². The van der Waals surface area contributed by atoms with E-state index < -0.39 is 6.10 Å². The van der Waals surface area contributed by atoms with Crippen LogP contribution >= 0.6 is 0 Å². The molecular formula is C18H24FN5O2. The molecule has 1 aromatic heterocycles. The fourth-order valence-corrected chi connectivity index (χ4v) is 3.18. The maximum absolute atomic E-state index is 13.2. The van der Waals surface area contributed by atoms with E-state index in [2.05, 4.69) is 15.6 Å². The number of benzene rings is 1. The zero-order valence-electron chi connectivity index (χ0n) is 14.8. The van der Waals surface area contributed by atoms with E-state index in [1.807, 2.05) is 10.9 Å². The van der Waals surface area contributed by atoms with Gasteiger partial charge >= 0.3 is 6.03 Å². The van der Waals surface area contributed by atoms with Crippen LogP contribution in [0.25, 0.3) is 0 Å². The molecule has 0 saturated carbocycles. The zero-order chi connectivity index (χ0) is 18.5. The summed E-state index contributed by atoms with van der Waals surface area (Å²) in [5.41, 5.74) is 1.25. The standard InChI is InChI=1S/C18H24FN5O2/c1-13(25)9-17-12-24(22-21-17)11-14-5-7-23(8-6-14)18(26)20-16-4-2-3-15(19)10-16/h2-4,10,12-14,25H,5-9,11H2,1H3,(H,20,26). The van der Waals surface area contributed by atoms with Crippen LogP contribution in [0.3, 0.4) is 0 Å². The molecule has 1 fully saturated rings. The van der Waals surface area contributed by atoms with E-state index in [-0.39, 0.29) is 11.8 Å². The first kappa shape index (κ1) is 18.3. The Labute approximate surface area is 151 Å².